The summed E-state index contributed by atoms with van der Waals surface area (Å²) in [6.45, 7) is 3.75. The zero-order chi connectivity index (χ0) is 19.8. The standard InChI is InChI=1S/C21H23N3O4S.Na/c1-14-17(11-29(25)20-23-15-4-2-3-5-16(15)24-20)22-9-6-18(14)26-10-19-27-12-21(7-8-21)13-28-19;/h2-6,9,19H,7-8,10-13H2,1H3,(H,23,24);. The van der Waals surface area contributed by atoms with Gasteiger partial charge in [0, 0.05) is 57.9 Å². The number of imidazole rings is 1. The molecule has 1 N–H and O–H groups in total. The minimum absolute atomic E-state index is 0. The topological polar surface area (TPSA) is 92.3 Å². The van der Waals surface area contributed by atoms with E-state index in [9.17, 15) is 4.55 Å². The van der Waals surface area contributed by atoms with E-state index < -0.39 is 11.2 Å². The normalized spacial score (nSPS) is 18.9. The molecule has 1 spiro atoms. The number of hydrogen-bond acceptors (Lipinski definition) is 6. The van der Waals surface area contributed by atoms with Crippen molar-refractivity contribution in [2.75, 3.05) is 19.8 Å². The summed E-state index contributed by atoms with van der Waals surface area (Å²) in [7, 11) is 0. The number of aromatic nitrogens is 3. The van der Waals surface area contributed by atoms with Crippen LogP contribution in [0.1, 0.15) is 24.1 Å². The summed E-state index contributed by atoms with van der Waals surface area (Å²) in [5, 5.41) is 0.455. The van der Waals surface area contributed by atoms with Crippen molar-refractivity contribution >= 4 is 51.8 Å². The molecular weight excluding hydrogens is 413 g/mol. The van der Waals surface area contributed by atoms with Crippen LogP contribution in [0.3, 0.4) is 0 Å². The molecule has 2 aromatic heterocycles. The number of rotatable bonds is 6. The van der Waals surface area contributed by atoms with Crippen molar-refractivity contribution in [2.24, 2.45) is 5.41 Å². The predicted octanol–water partition coefficient (Wildman–Crippen LogP) is 2.73. The van der Waals surface area contributed by atoms with Gasteiger partial charge in [0.05, 0.1) is 29.9 Å². The van der Waals surface area contributed by atoms with Crippen molar-refractivity contribution < 1.29 is 18.8 Å². The molecule has 3 aromatic rings. The average molecular weight is 436 g/mol. The van der Waals surface area contributed by atoms with E-state index in [1.165, 1.54) is 12.8 Å². The molecule has 153 valence electrons. The van der Waals surface area contributed by atoms with E-state index in [1.807, 2.05) is 37.3 Å². The second-order valence-corrected chi connectivity index (χ2v) is 9.16. The van der Waals surface area contributed by atoms with Gasteiger partial charge in [-0.2, -0.15) is 4.98 Å². The zero-order valence-electron chi connectivity index (χ0n) is 17.2. The molecule has 1 aliphatic heterocycles. The zero-order valence-corrected chi connectivity index (χ0v) is 20.0. The Bertz CT molecular complexity index is 983. The Kier molecular flexibility index (Phi) is 6.74. The van der Waals surface area contributed by atoms with E-state index in [-0.39, 0.29) is 47.0 Å². The van der Waals surface area contributed by atoms with Crippen LogP contribution in [0.5, 0.6) is 5.75 Å². The molecule has 3 heterocycles. The van der Waals surface area contributed by atoms with Crippen LogP contribution in [-0.2, 0) is 26.4 Å². The largest absolute Gasteiger partial charge is 0.609 e. The maximum absolute atomic E-state index is 12.8. The Labute approximate surface area is 200 Å². The SMILES string of the molecule is Cc1c(OCC2OCC3(CC3)CO2)ccnc1C[S+]([O-])c1nc2ccccc2[nH]1.[Na]. The van der Waals surface area contributed by atoms with E-state index in [2.05, 4.69) is 15.0 Å². The van der Waals surface area contributed by atoms with Crippen LogP contribution >= 0.6 is 0 Å². The number of nitrogens with zero attached hydrogens (tertiary/aromatic N) is 2. The number of nitrogens with one attached hydrogen (secondary N) is 1. The van der Waals surface area contributed by atoms with Crippen LogP contribution in [-0.4, -0.2) is 75.2 Å². The van der Waals surface area contributed by atoms with Gasteiger partial charge in [-0.1, -0.05) is 12.1 Å². The maximum atomic E-state index is 12.8. The monoisotopic (exact) mass is 436 g/mol. The van der Waals surface area contributed by atoms with Crippen molar-refractivity contribution in [1.29, 1.82) is 0 Å². The third kappa shape index (κ3) is 4.70. The van der Waals surface area contributed by atoms with Gasteiger partial charge < -0.3 is 18.8 Å². The van der Waals surface area contributed by atoms with Crippen molar-refractivity contribution in [3.8, 4) is 5.75 Å². The van der Waals surface area contributed by atoms with Gasteiger partial charge >= 0.3 is 5.16 Å². The number of pyridine rings is 1. The molecule has 0 amide bonds. The summed E-state index contributed by atoms with van der Waals surface area (Å²) in [6.07, 6.45) is 3.71. The van der Waals surface area contributed by atoms with Crippen LogP contribution in [0.15, 0.2) is 41.7 Å². The molecule has 1 aromatic carbocycles. The summed E-state index contributed by atoms with van der Waals surface area (Å²) in [4.78, 5) is 12.0. The molecule has 7 nitrogen and oxygen atoms in total. The fraction of sp³-hybridized carbons (Fsp3) is 0.429. The minimum atomic E-state index is -1.33. The Hall–Kier alpha value is -1.13. The van der Waals surface area contributed by atoms with E-state index in [4.69, 9.17) is 14.2 Å². The van der Waals surface area contributed by atoms with Gasteiger partial charge in [0.2, 0.25) is 0 Å². The summed E-state index contributed by atoms with van der Waals surface area (Å²) in [6, 6.07) is 9.46. The van der Waals surface area contributed by atoms with Crippen LogP contribution in [0.25, 0.3) is 11.0 Å². The Morgan fingerprint density at radius 2 is 2.00 bits per heavy atom. The summed E-state index contributed by atoms with van der Waals surface area (Å²) < 4.78 is 30.3. The van der Waals surface area contributed by atoms with Gasteiger partial charge in [0.1, 0.15) is 12.4 Å². The molecule has 1 atom stereocenters. The van der Waals surface area contributed by atoms with Gasteiger partial charge in [-0.25, -0.2) is 0 Å². The first-order valence-corrected chi connectivity index (χ1v) is 11.1. The Balaban J connectivity index is 0.00000218. The molecule has 1 saturated carbocycles. The molecule has 30 heavy (non-hydrogen) atoms. The molecule has 1 saturated heterocycles. The van der Waals surface area contributed by atoms with Crippen molar-refractivity contribution in [2.45, 2.75) is 37.0 Å². The van der Waals surface area contributed by atoms with E-state index in [0.29, 0.717) is 17.5 Å². The molecule has 1 aliphatic carbocycles. The molecular formula is C21H23N3NaO4S. The number of H-pyrrole nitrogens is 1. The predicted molar refractivity (Wildman–Crippen MR) is 114 cm³/mol. The van der Waals surface area contributed by atoms with E-state index in [0.717, 1.165) is 35.5 Å². The number of fused-ring (bicyclic) bond motifs is 1. The summed E-state index contributed by atoms with van der Waals surface area (Å²) in [5.74, 6) is 0.970. The Morgan fingerprint density at radius 3 is 2.73 bits per heavy atom. The molecule has 1 radical (unpaired) electrons. The summed E-state index contributed by atoms with van der Waals surface area (Å²) in [5.41, 5.74) is 3.54. The van der Waals surface area contributed by atoms with Gasteiger partial charge in [-0.3, -0.25) is 9.97 Å². The van der Waals surface area contributed by atoms with Crippen LogP contribution in [0, 0.1) is 12.3 Å². The molecule has 9 heteroatoms. The van der Waals surface area contributed by atoms with Crippen LogP contribution in [0.4, 0.5) is 0 Å². The number of ether oxygens (including phenoxy) is 3. The number of aromatic amines is 1. The molecule has 2 fully saturated rings. The molecule has 1 unspecified atom stereocenters. The van der Waals surface area contributed by atoms with Crippen molar-refractivity contribution in [1.82, 2.24) is 15.0 Å². The quantitative estimate of drug-likeness (QED) is 0.472. The first-order valence-electron chi connectivity index (χ1n) is 9.76. The second-order valence-electron chi connectivity index (χ2n) is 7.79. The van der Waals surface area contributed by atoms with E-state index in [1.54, 1.807) is 6.20 Å². The smallest absolute Gasteiger partial charge is 0.322 e. The van der Waals surface area contributed by atoms with Gasteiger partial charge in [-0.05, 0) is 38.0 Å². The second kappa shape index (κ2) is 9.16. The van der Waals surface area contributed by atoms with E-state index >= 15 is 0 Å². The number of para-hydroxylation sites is 2. The van der Waals surface area contributed by atoms with Gasteiger partial charge in [0.25, 0.3) is 0 Å². The number of hydrogen-bond donors (Lipinski definition) is 1. The minimum Gasteiger partial charge on any atom is -0.609 e. The molecule has 2 aliphatic rings. The third-order valence-corrected chi connectivity index (χ3v) is 6.75. The Morgan fingerprint density at radius 1 is 1.23 bits per heavy atom. The molecule has 5 rings (SSSR count). The third-order valence-electron chi connectivity index (χ3n) is 5.59. The fourth-order valence-electron chi connectivity index (χ4n) is 3.44. The first-order chi connectivity index (χ1) is 14.1. The van der Waals surface area contributed by atoms with Gasteiger partial charge in [0.15, 0.2) is 12.0 Å². The first kappa shape index (κ1) is 22.1. The van der Waals surface area contributed by atoms with Crippen molar-refractivity contribution in [3.05, 3.63) is 47.8 Å². The average Bonchev–Trinajstić information content (AvgIpc) is 3.34. The summed E-state index contributed by atoms with van der Waals surface area (Å²) >= 11 is -1.33. The molecule has 0 bridgehead atoms. The maximum Gasteiger partial charge on any atom is 0.322 e. The fourth-order valence-corrected chi connectivity index (χ4v) is 4.54. The number of benzene rings is 1. The van der Waals surface area contributed by atoms with Crippen LogP contribution in [0.2, 0.25) is 0 Å². The van der Waals surface area contributed by atoms with Gasteiger partial charge in [-0.15, -0.1) is 0 Å². The van der Waals surface area contributed by atoms with Crippen LogP contribution < -0.4 is 4.74 Å². The van der Waals surface area contributed by atoms with Crippen molar-refractivity contribution in [3.63, 3.8) is 0 Å².